The zero-order valence-corrected chi connectivity index (χ0v) is 22.5. The number of fused-ring (bicyclic) bond motifs is 2. The van der Waals surface area contributed by atoms with Crippen molar-refractivity contribution in [2.45, 2.75) is 44.2 Å². The second kappa shape index (κ2) is 12.4. The highest BCUT2D eigenvalue weighted by Crippen LogP contribution is 2.30. The number of benzene rings is 3. The number of nitrogens with two attached hydrogens (primary N) is 1. The first-order valence-corrected chi connectivity index (χ1v) is 13.8. The van der Waals surface area contributed by atoms with Crippen LogP contribution in [0, 0.1) is 0 Å². The van der Waals surface area contributed by atoms with Crippen LogP contribution in [-0.2, 0) is 16.1 Å². The van der Waals surface area contributed by atoms with Gasteiger partial charge in [0.25, 0.3) is 5.91 Å². The Kier molecular flexibility index (Phi) is 8.54. The van der Waals surface area contributed by atoms with Crippen LogP contribution in [0.25, 0.3) is 21.8 Å². The summed E-state index contributed by atoms with van der Waals surface area (Å²) in [6.07, 6.45) is 3.00. The third-order valence-corrected chi connectivity index (χ3v) is 7.53. The van der Waals surface area contributed by atoms with E-state index in [0.717, 1.165) is 60.0 Å². The van der Waals surface area contributed by atoms with E-state index in [1.165, 1.54) is 0 Å². The van der Waals surface area contributed by atoms with Crippen LogP contribution in [0.5, 0.6) is 0 Å². The zero-order chi connectivity index (χ0) is 27.2. The molecule has 1 aliphatic heterocycles. The van der Waals surface area contributed by atoms with E-state index >= 15 is 0 Å². The average Bonchev–Trinajstić information content (AvgIpc) is 3.34. The number of imidazole rings is 1. The lowest BCUT2D eigenvalue weighted by molar-refractivity contribution is -0.132. The van der Waals surface area contributed by atoms with Crippen LogP contribution >= 0.6 is 0 Å². The lowest BCUT2D eigenvalue weighted by atomic mass is 9.96. The molecule has 0 unspecified atom stereocenters. The first-order valence-electron chi connectivity index (χ1n) is 13.8. The van der Waals surface area contributed by atoms with Gasteiger partial charge in [0.05, 0.1) is 11.0 Å². The van der Waals surface area contributed by atoms with Crippen molar-refractivity contribution in [2.75, 3.05) is 33.4 Å². The molecular formula is C31H37N5O3. The maximum absolute atomic E-state index is 13.2. The number of nitrogens with zero attached hydrogens (tertiary/aromatic N) is 3. The molecule has 2 atom stereocenters. The van der Waals surface area contributed by atoms with Gasteiger partial charge in [0.15, 0.2) is 0 Å². The Morgan fingerprint density at radius 1 is 1.10 bits per heavy atom. The fourth-order valence-electron chi connectivity index (χ4n) is 5.50. The second-order valence-corrected chi connectivity index (χ2v) is 10.4. The van der Waals surface area contributed by atoms with Gasteiger partial charge in [-0.2, -0.15) is 0 Å². The van der Waals surface area contributed by atoms with Gasteiger partial charge in [0.2, 0.25) is 5.91 Å². The van der Waals surface area contributed by atoms with Crippen molar-refractivity contribution < 1.29 is 14.3 Å². The summed E-state index contributed by atoms with van der Waals surface area (Å²) >= 11 is 0. The molecule has 1 fully saturated rings. The number of piperidine rings is 1. The third kappa shape index (κ3) is 6.29. The molecule has 0 radical (unpaired) electrons. The monoisotopic (exact) mass is 527 g/mol. The van der Waals surface area contributed by atoms with Gasteiger partial charge in [0.1, 0.15) is 5.82 Å². The van der Waals surface area contributed by atoms with E-state index in [0.29, 0.717) is 18.7 Å². The molecule has 0 bridgehead atoms. The predicted octanol–water partition coefficient (Wildman–Crippen LogP) is 4.08. The maximum Gasteiger partial charge on any atom is 0.251 e. The Labute approximate surface area is 229 Å². The number of rotatable bonds is 10. The van der Waals surface area contributed by atoms with E-state index in [4.69, 9.17) is 15.5 Å². The van der Waals surface area contributed by atoms with Gasteiger partial charge in [-0.15, -0.1) is 0 Å². The van der Waals surface area contributed by atoms with Gasteiger partial charge in [-0.1, -0.05) is 42.5 Å². The summed E-state index contributed by atoms with van der Waals surface area (Å²) in [5.74, 6) is 1.04. The molecule has 0 aliphatic carbocycles. The minimum Gasteiger partial charge on any atom is -0.385 e. The smallest absolute Gasteiger partial charge is 0.251 e. The maximum atomic E-state index is 13.2. The van der Waals surface area contributed by atoms with Crippen LogP contribution in [0.15, 0.2) is 66.7 Å². The molecule has 1 aliphatic rings. The molecule has 8 nitrogen and oxygen atoms in total. The van der Waals surface area contributed by atoms with E-state index in [2.05, 4.69) is 16.0 Å². The SMILES string of the molecule is COCCCn1c([C@@H]2CCCN(C(=O)C[C@@H](N)CNC(=O)c3ccc4ccccc4c3)C2)nc2ccccc21. The number of aromatic nitrogens is 2. The van der Waals surface area contributed by atoms with Crippen LogP contribution in [0.2, 0.25) is 0 Å². The molecule has 4 aromatic rings. The molecule has 39 heavy (non-hydrogen) atoms. The molecule has 8 heteroatoms. The van der Waals surface area contributed by atoms with Crippen molar-refractivity contribution in [2.24, 2.45) is 5.73 Å². The molecule has 2 heterocycles. The molecule has 3 aromatic carbocycles. The van der Waals surface area contributed by atoms with Crippen LogP contribution in [0.1, 0.15) is 47.8 Å². The summed E-state index contributed by atoms with van der Waals surface area (Å²) in [5, 5.41) is 4.99. The third-order valence-electron chi connectivity index (χ3n) is 7.53. The Balaban J connectivity index is 1.18. The number of carbonyl (C=O) groups excluding carboxylic acids is 2. The molecule has 3 N–H and O–H groups in total. The lowest BCUT2D eigenvalue weighted by Gasteiger charge is -2.33. The van der Waals surface area contributed by atoms with Gasteiger partial charge >= 0.3 is 0 Å². The van der Waals surface area contributed by atoms with Crippen molar-refractivity contribution in [1.29, 1.82) is 0 Å². The molecule has 0 saturated carbocycles. The zero-order valence-electron chi connectivity index (χ0n) is 22.5. The highest BCUT2D eigenvalue weighted by atomic mass is 16.5. The minimum atomic E-state index is -0.457. The number of ether oxygens (including phenoxy) is 1. The number of carbonyl (C=O) groups is 2. The largest absolute Gasteiger partial charge is 0.385 e. The topological polar surface area (TPSA) is 102 Å². The number of aryl methyl sites for hydroxylation is 1. The quantitative estimate of drug-likeness (QED) is 0.303. The summed E-state index contributed by atoms with van der Waals surface area (Å²) < 4.78 is 7.57. The molecule has 204 valence electrons. The normalized spacial score (nSPS) is 16.5. The number of amides is 2. The van der Waals surface area contributed by atoms with E-state index in [-0.39, 0.29) is 30.7 Å². The van der Waals surface area contributed by atoms with E-state index < -0.39 is 6.04 Å². The summed E-state index contributed by atoms with van der Waals surface area (Å²) in [6, 6.07) is 21.3. The van der Waals surface area contributed by atoms with Crippen molar-refractivity contribution in [3.8, 4) is 0 Å². The Hall–Kier alpha value is -3.75. The summed E-state index contributed by atoms with van der Waals surface area (Å²) in [6.45, 7) is 3.11. The van der Waals surface area contributed by atoms with Gasteiger partial charge in [0, 0.05) is 63.8 Å². The molecular weight excluding hydrogens is 490 g/mol. The van der Waals surface area contributed by atoms with Gasteiger partial charge in [-0.25, -0.2) is 4.98 Å². The Bertz CT molecular complexity index is 1450. The molecule has 5 rings (SSSR count). The van der Waals surface area contributed by atoms with Gasteiger partial charge < -0.3 is 25.3 Å². The van der Waals surface area contributed by atoms with Crippen molar-refractivity contribution >= 4 is 33.6 Å². The number of hydrogen-bond donors (Lipinski definition) is 2. The summed E-state index contributed by atoms with van der Waals surface area (Å²) in [4.78, 5) is 32.8. The second-order valence-electron chi connectivity index (χ2n) is 10.4. The van der Waals surface area contributed by atoms with Crippen LogP contribution in [-0.4, -0.2) is 65.7 Å². The lowest BCUT2D eigenvalue weighted by Crippen LogP contribution is -2.45. The predicted molar refractivity (Wildman–Crippen MR) is 154 cm³/mol. The molecule has 1 aromatic heterocycles. The Morgan fingerprint density at radius 2 is 1.90 bits per heavy atom. The van der Waals surface area contributed by atoms with Crippen LogP contribution < -0.4 is 11.1 Å². The summed E-state index contributed by atoms with van der Waals surface area (Å²) in [5.41, 5.74) is 8.98. The highest BCUT2D eigenvalue weighted by molar-refractivity contribution is 5.98. The van der Waals surface area contributed by atoms with E-state index in [1.807, 2.05) is 65.6 Å². The van der Waals surface area contributed by atoms with Gasteiger partial charge in [-0.3, -0.25) is 9.59 Å². The average molecular weight is 528 g/mol. The van der Waals surface area contributed by atoms with E-state index in [9.17, 15) is 9.59 Å². The highest BCUT2D eigenvalue weighted by Gasteiger charge is 2.29. The van der Waals surface area contributed by atoms with E-state index in [1.54, 1.807) is 7.11 Å². The first-order chi connectivity index (χ1) is 19.0. The molecule has 0 spiro atoms. The van der Waals surface area contributed by atoms with Crippen molar-refractivity contribution in [3.63, 3.8) is 0 Å². The fraction of sp³-hybridized carbons (Fsp3) is 0.387. The van der Waals surface area contributed by atoms with Crippen molar-refractivity contribution in [1.82, 2.24) is 19.8 Å². The fourth-order valence-corrected chi connectivity index (χ4v) is 5.50. The first kappa shape index (κ1) is 26.8. The summed E-state index contributed by atoms with van der Waals surface area (Å²) in [7, 11) is 1.72. The Morgan fingerprint density at radius 3 is 2.74 bits per heavy atom. The van der Waals surface area contributed by atoms with Crippen molar-refractivity contribution in [3.05, 3.63) is 78.1 Å². The number of likely N-dealkylation sites (tertiary alicyclic amines) is 1. The standard InChI is InChI=1S/C31H37N5O3/c1-39-17-7-16-36-28-12-5-4-11-27(28)34-30(36)25-10-6-15-35(21-25)29(37)19-26(32)20-33-31(38)24-14-13-22-8-2-3-9-23(22)18-24/h2-5,8-9,11-14,18,25-26H,6-7,10,15-17,19-21,32H2,1H3,(H,33,38)/t25-,26-/m1/s1. The van der Waals surface area contributed by atoms with Crippen LogP contribution in [0.4, 0.5) is 0 Å². The number of methoxy groups -OCH3 is 1. The van der Waals surface area contributed by atoms with Gasteiger partial charge in [-0.05, 0) is 54.3 Å². The molecule has 2 amide bonds. The minimum absolute atomic E-state index is 0.0224. The number of nitrogens with one attached hydrogen (secondary N) is 1. The number of para-hydroxylation sites is 2. The number of hydrogen-bond acceptors (Lipinski definition) is 5. The van der Waals surface area contributed by atoms with Crippen LogP contribution in [0.3, 0.4) is 0 Å². The molecule has 1 saturated heterocycles.